The summed E-state index contributed by atoms with van der Waals surface area (Å²) in [6, 6.07) is 0. The second-order valence-corrected chi connectivity index (χ2v) is 5.25. The van der Waals surface area contributed by atoms with E-state index in [0.717, 1.165) is 17.9 Å². The van der Waals surface area contributed by atoms with E-state index in [1.165, 1.54) is 23.3 Å². The minimum Gasteiger partial charge on any atom is -0.271 e. The largest absolute Gasteiger partial charge is 0.271 e. The summed E-state index contributed by atoms with van der Waals surface area (Å²) in [5, 5.41) is 0.972. The van der Waals surface area contributed by atoms with Gasteiger partial charge in [-0.05, 0) is 43.1 Å². The first-order valence-corrected chi connectivity index (χ1v) is 6.15. The number of rotatable bonds is 0. The van der Waals surface area contributed by atoms with Gasteiger partial charge in [-0.3, -0.25) is 4.79 Å². The molecule has 0 fully saturated rings. The number of nitrogens with zero attached hydrogens (tertiary/aromatic N) is 2. The van der Waals surface area contributed by atoms with Gasteiger partial charge >= 0.3 is 0 Å². The molecule has 0 saturated carbocycles. The number of allylic oxidation sites excluding steroid dienone is 1. The topological polar surface area (TPSA) is 41.8 Å². The minimum absolute atomic E-state index is 0.00287. The molecule has 0 saturated heterocycles. The van der Waals surface area contributed by atoms with Crippen molar-refractivity contribution in [1.82, 2.24) is 0 Å². The number of amides is 1. The molecule has 2 heterocycles. The molecule has 1 aliphatic carbocycles. The van der Waals surface area contributed by atoms with Crippen LogP contribution < -0.4 is 0 Å². The fourth-order valence-electron chi connectivity index (χ4n) is 2.41. The van der Waals surface area contributed by atoms with Crippen molar-refractivity contribution in [3.8, 4) is 0 Å². The van der Waals surface area contributed by atoms with Crippen molar-refractivity contribution in [3.05, 3.63) is 10.5 Å². The van der Waals surface area contributed by atoms with E-state index in [1.807, 2.05) is 0 Å². The number of aliphatic imine (C=N–C) groups is 2. The van der Waals surface area contributed by atoms with Gasteiger partial charge in [0.25, 0.3) is 5.91 Å². The molecule has 0 aromatic rings. The number of thioether (sulfide) groups is 1. The Balaban J connectivity index is 2.03. The lowest BCUT2D eigenvalue weighted by Gasteiger charge is -2.17. The van der Waals surface area contributed by atoms with Crippen LogP contribution in [-0.4, -0.2) is 16.8 Å². The minimum atomic E-state index is -0.103. The predicted octanol–water partition coefficient (Wildman–Crippen LogP) is 2.53. The molecule has 1 unspecified atom stereocenters. The summed E-state index contributed by atoms with van der Waals surface area (Å²) in [7, 11) is 0. The van der Waals surface area contributed by atoms with Crippen LogP contribution in [0.4, 0.5) is 0 Å². The summed E-state index contributed by atoms with van der Waals surface area (Å²) >= 11 is 1.71. The van der Waals surface area contributed by atoms with Crippen LogP contribution in [0.2, 0.25) is 0 Å². The highest BCUT2D eigenvalue weighted by atomic mass is 32.2. The lowest BCUT2D eigenvalue weighted by molar-refractivity contribution is -0.118. The number of carbonyl (C=O) groups is 1. The fourth-order valence-corrected chi connectivity index (χ4v) is 3.80. The quantitative estimate of drug-likeness (QED) is 0.629. The Labute approximate surface area is 92.8 Å². The summed E-state index contributed by atoms with van der Waals surface area (Å²) in [6.45, 7) is 1.79. The van der Waals surface area contributed by atoms with Crippen LogP contribution in [0.1, 0.15) is 32.6 Å². The lowest BCUT2D eigenvalue weighted by atomic mass is 9.89. The SMILES string of the molecule is CC1=NC(=O)C2C(=N1)SC1=C2CCCC1. The summed E-state index contributed by atoms with van der Waals surface area (Å²) in [6.07, 6.45) is 4.65. The van der Waals surface area contributed by atoms with E-state index >= 15 is 0 Å². The zero-order valence-electron chi connectivity index (χ0n) is 8.62. The fraction of sp³-hybridized carbons (Fsp3) is 0.545. The van der Waals surface area contributed by atoms with Crippen LogP contribution in [0.15, 0.2) is 20.5 Å². The maximum Gasteiger partial charge on any atom is 0.261 e. The molecule has 3 nitrogen and oxygen atoms in total. The Morgan fingerprint density at radius 2 is 2.07 bits per heavy atom. The first-order valence-electron chi connectivity index (χ1n) is 5.33. The van der Waals surface area contributed by atoms with Crippen LogP contribution in [0.5, 0.6) is 0 Å². The van der Waals surface area contributed by atoms with Gasteiger partial charge in [-0.15, -0.1) is 0 Å². The van der Waals surface area contributed by atoms with E-state index in [-0.39, 0.29) is 11.8 Å². The van der Waals surface area contributed by atoms with Gasteiger partial charge in [0.15, 0.2) is 0 Å². The Morgan fingerprint density at radius 3 is 2.93 bits per heavy atom. The third-order valence-electron chi connectivity index (χ3n) is 3.07. The highest BCUT2D eigenvalue weighted by Gasteiger charge is 2.39. The highest BCUT2D eigenvalue weighted by molar-refractivity contribution is 8.17. The van der Waals surface area contributed by atoms with Gasteiger partial charge < -0.3 is 0 Å². The van der Waals surface area contributed by atoms with E-state index in [4.69, 9.17) is 0 Å². The second-order valence-electron chi connectivity index (χ2n) is 4.14. The molecule has 4 heteroatoms. The van der Waals surface area contributed by atoms with Crippen LogP contribution in [-0.2, 0) is 4.79 Å². The van der Waals surface area contributed by atoms with E-state index in [1.54, 1.807) is 18.7 Å². The molecule has 15 heavy (non-hydrogen) atoms. The van der Waals surface area contributed by atoms with Crippen molar-refractivity contribution < 1.29 is 4.79 Å². The molecule has 78 valence electrons. The molecule has 3 aliphatic rings. The van der Waals surface area contributed by atoms with E-state index in [0.29, 0.717) is 5.84 Å². The zero-order valence-corrected chi connectivity index (χ0v) is 9.43. The van der Waals surface area contributed by atoms with Gasteiger partial charge in [0, 0.05) is 0 Å². The smallest absolute Gasteiger partial charge is 0.261 e. The van der Waals surface area contributed by atoms with Crippen molar-refractivity contribution in [2.45, 2.75) is 32.6 Å². The Hall–Kier alpha value is -0.900. The Bertz CT molecular complexity index is 434. The number of hydrogen-bond acceptors (Lipinski definition) is 3. The molecular weight excluding hydrogens is 208 g/mol. The molecule has 0 N–H and O–H groups in total. The summed E-state index contributed by atoms with van der Waals surface area (Å²) in [5.74, 6) is 0.504. The lowest BCUT2D eigenvalue weighted by Crippen LogP contribution is -2.24. The van der Waals surface area contributed by atoms with E-state index in [2.05, 4.69) is 9.98 Å². The Morgan fingerprint density at radius 1 is 1.27 bits per heavy atom. The van der Waals surface area contributed by atoms with E-state index in [9.17, 15) is 4.79 Å². The van der Waals surface area contributed by atoms with Crippen LogP contribution in [0, 0.1) is 5.92 Å². The molecule has 2 aliphatic heterocycles. The summed E-state index contributed by atoms with van der Waals surface area (Å²) < 4.78 is 0. The molecule has 0 radical (unpaired) electrons. The molecule has 1 atom stereocenters. The molecule has 0 bridgehead atoms. The van der Waals surface area contributed by atoms with Crippen LogP contribution in [0.3, 0.4) is 0 Å². The van der Waals surface area contributed by atoms with Gasteiger partial charge in [-0.25, -0.2) is 4.99 Å². The third kappa shape index (κ3) is 1.39. The summed E-state index contributed by atoms with van der Waals surface area (Å²) in [5.41, 5.74) is 1.31. The summed E-state index contributed by atoms with van der Waals surface area (Å²) in [4.78, 5) is 21.6. The second kappa shape index (κ2) is 3.30. The van der Waals surface area contributed by atoms with Crippen molar-refractivity contribution in [1.29, 1.82) is 0 Å². The molecule has 0 aromatic carbocycles. The Kier molecular flexibility index (Phi) is 2.06. The standard InChI is InChI=1S/C11H12N2OS/c1-6-12-10(14)9-7-4-2-3-5-8(7)15-11(9)13-6/h9H,2-5H2,1H3. The van der Waals surface area contributed by atoms with Crippen molar-refractivity contribution in [2.24, 2.45) is 15.9 Å². The maximum absolute atomic E-state index is 11.8. The first-order chi connectivity index (χ1) is 7.25. The predicted molar refractivity (Wildman–Crippen MR) is 62.1 cm³/mol. The van der Waals surface area contributed by atoms with Crippen molar-refractivity contribution >= 4 is 28.5 Å². The first kappa shape index (κ1) is 9.33. The zero-order chi connectivity index (χ0) is 10.4. The highest BCUT2D eigenvalue weighted by Crippen LogP contribution is 2.47. The molecule has 1 amide bonds. The molecular formula is C11H12N2OS. The average Bonchev–Trinajstić information content (AvgIpc) is 2.54. The van der Waals surface area contributed by atoms with E-state index < -0.39 is 0 Å². The average molecular weight is 220 g/mol. The number of carbonyl (C=O) groups excluding carboxylic acids is 1. The van der Waals surface area contributed by atoms with Crippen LogP contribution >= 0.6 is 11.8 Å². The molecule has 0 spiro atoms. The monoisotopic (exact) mass is 220 g/mol. The van der Waals surface area contributed by atoms with Crippen LogP contribution in [0.25, 0.3) is 0 Å². The van der Waals surface area contributed by atoms with Gasteiger partial charge in [0.05, 0.1) is 5.04 Å². The number of fused-ring (bicyclic) bond motifs is 2. The number of hydrogen-bond donors (Lipinski definition) is 0. The normalized spacial score (nSPS) is 29.7. The number of amidine groups is 1. The van der Waals surface area contributed by atoms with Gasteiger partial charge in [0.2, 0.25) is 0 Å². The van der Waals surface area contributed by atoms with Gasteiger partial charge in [-0.1, -0.05) is 11.8 Å². The molecule has 0 aromatic heterocycles. The van der Waals surface area contributed by atoms with Gasteiger partial charge in [-0.2, -0.15) is 4.99 Å². The third-order valence-corrected chi connectivity index (χ3v) is 4.32. The maximum atomic E-state index is 11.8. The van der Waals surface area contributed by atoms with Gasteiger partial charge in [0.1, 0.15) is 11.8 Å². The van der Waals surface area contributed by atoms with Crippen molar-refractivity contribution in [2.75, 3.05) is 0 Å². The molecule has 3 rings (SSSR count). The van der Waals surface area contributed by atoms with Crippen molar-refractivity contribution in [3.63, 3.8) is 0 Å².